The zero-order valence-corrected chi connectivity index (χ0v) is 19.8. The summed E-state index contributed by atoms with van der Waals surface area (Å²) in [6, 6.07) is 12.3. The van der Waals surface area contributed by atoms with E-state index in [-0.39, 0.29) is 36.0 Å². The highest BCUT2D eigenvalue weighted by molar-refractivity contribution is 7.90. The van der Waals surface area contributed by atoms with Crippen LogP contribution in [-0.4, -0.2) is 61.0 Å². The largest absolute Gasteiger partial charge is 0.415 e. The lowest BCUT2D eigenvalue weighted by molar-refractivity contribution is 0.116. The van der Waals surface area contributed by atoms with Crippen LogP contribution in [0.15, 0.2) is 52.9 Å². The fraction of sp³-hybridized carbons (Fsp3) is 0.333. The van der Waals surface area contributed by atoms with Crippen LogP contribution in [0.25, 0.3) is 11.5 Å². The molecule has 13 heteroatoms. The average molecular weight is 518 g/mol. The van der Waals surface area contributed by atoms with Gasteiger partial charge in [-0.25, -0.2) is 4.39 Å². The van der Waals surface area contributed by atoms with Gasteiger partial charge in [0, 0.05) is 37.3 Å². The number of anilines is 1. The summed E-state index contributed by atoms with van der Waals surface area (Å²) < 4.78 is 74.7. The number of hydrogen-bond acceptors (Lipinski definition) is 6. The molecule has 2 aromatic carbocycles. The molecule has 0 radical (unpaired) electrons. The van der Waals surface area contributed by atoms with Crippen LogP contribution in [0, 0.1) is 5.82 Å². The number of halogens is 4. The van der Waals surface area contributed by atoms with Gasteiger partial charge in [-0.3, -0.25) is 4.31 Å². The number of likely N-dealkylation sites (N-methyl/N-ethyl adjacent to an activating group) is 1. The van der Waals surface area contributed by atoms with E-state index in [2.05, 4.69) is 10.2 Å². The molecule has 0 atom stereocenters. The molecule has 34 heavy (non-hydrogen) atoms. The summed E-state index contributed by atoms with van der Waals surface area (Å²) in [7, 11) is -2.01. The maximum absolute atomic E-state index is 15.0. The monoisotopic (exact) mass is 517 g/mol. The molecule has 0 aliphatic carbocycles. The van der Waals surface area contributed by atoms with Gasteiger partial charge < -0.3 is 9.32 Å². The Morgan fingerprint density at radius 1 is 1.06 bits per heavy atom. The van der Waals surface area contributed by atoms with Crippen LogP contribution in [0.4, 0.5) is 18.9 Å². The summed E-state index contributed by atoms with van der Waals surface area (Å²) in [5.74, 6) is -1.83. The number of hydrogen-bond donors (Lipinski definition) is 0. The molecule has 1 aromatic heterocycles. The van der Waals surface area contributed by atoms with Crippen molar-refractivity contribution < 1.29 is 26.0 Å². The summed E-state index contributed by atoms with van der Waals surface area (Å²) in [4.78, 5) is 2.04. The molecule has 1 aliphatic heterocycles. The van der Waals surface area contributed by atoms with Crippen molar-refractivity contribution in [3.63, 3.8) is 0 Å². The van der Waals surface area contributed by atoms with Crippen LogP contribution in [0.3, 0.4) is 0 Å². The minimum absolute atomic E-state index is 0. The first-order chi connectivity index (χ1) is 15.8. The molecule has 0 saturated carbocycles. The summed E-state index contributed by atoms with van der Waals surface area (Å²) in [6.07, 6.45) is -2.94. The third-order valence-corrected chi connectivity index (χ3v) is 7.27. The molecule has 0 bridgehead atoms. The van der Waals surface area contributed by atoms with Crippen molar-refractivity contribution in [1.29, 1.82) is 0 Å². The van der Waals surface area contributed by atoms with Crippen molar-refractivity contribution in [2.24, 2.45) is 0 Å². The van der Waals surface area contributed by atoms with Crippen LogP contribution in [0.1, 0.15) is 17.9 Å². The Bertz CT molecular complexity index is 1210. The van der Waals surface area contributed by atoms with E-state index in [9.17, 15) is 21.6 Å². The Kier molecular flexibility index (Phi) is 8.18. The number of benzene rings is 2. The quantitative estimate of drug-likeness (QED) is 0.475. The van der Waals surface area contributed by atoms with Gasteiger partial charge in [0.2, 0.25) is 5.89 Å². The van der Waals surface area contributed by atoms with Crippen LogP contribution in [-0.2, 0) is 16.8 Å². The highest BCUT2D eigenvalue weighted by Gasteiger charge is 2.32. The Morgan fingerprint density at radius 2 is 1.74 bits per heavy atom. The zero-order chi connectivity index (χ0) is 23.6. The highest BCUT2D eigenvalue weighted by Crippen LogP contribution is 2.28. The second-order valence-corrected chi connectivity index (χ2v) is 9.46. The summed E-state index contributed by atoms with van der Waals surface area (Å²) in [5, 5.41) is 6.75. The van der Waals surface area contributed by atoms with Gasteiger partial charge in [0.15, 0.2) is 0 Å². The number of nitrogens with zero attached hydrogens (tertiary/aromatic N) is 5. The number of para-hydroxylation sites is 1. The lowest BCUT2D eigenvalue weighted by Crippen LogP contribution is -2.52. The molecule has 8 nitrogen and oxygen atoms in total. The Morgan fingerprint density at radius 3 is 2.32 bits per heavy atom. The van der Waals surface area contributed by atoms with E-state index < -0.39 is 28.3 Å². The maximum atomic E-state index is 15.0. The maximum Gasteiger partial charge on any atom is 0.314 e. The van der Waals surface area contributed by atoms with Crippen molar-refractivity contribution >= 4 is 28.3 Å². The molecule has 3 aromatic rings. The van der Waals surface area contributed by atoms with Gasteiger partial charge in [0.25, 0.3) is 5.89 Å². The number of piperazine rings is 1. The van der Waals surface area contributed by atoms with Crippen LogP contribution in [0.5, 0.6) is 0 Å². The minimum atomic E-state index is -3.93. The van der Waals surface area contributed by atoms with E-state index in [4.69, 9.17) is 4.42 Å². The normalized spacial score (nSPS) is 15.3. The molecule has 1 aliphatic rings. The summed E-state index contributed by atoms with van der Waals surface area (Å²) in [6.45, 7) is 1.59. The smallest absolute Gasteiger partial charge is 0.314 e. The fourth-order valence-corrected chi connectivity index (χ4v) is 5.06. The molecule has 184 valence electrons. The van der Waals surface area contributed by atoms with Gasteiger partial charge in [0.05, 0.1) is 12.2 Å². The lowest BCUT2D eigenvalue weighted by atomic mass is 10.1. The Hall–Kier alpha value is -2.67. The third kappa shape index (κ3) is 5.52. The topological polar surface area (TPSA) is 82.8 Å². The summed E-state index contributed by atoms with van der Waals surface area (Å²) >= 11 is 0. The van der Waals surface area contributed by atoms with E-state index >= 15 is 0 Å². The first-order valence-electron chi connectivity index (χ1n) is 10.2. The molecular weight excluding hydrogens is 495 g/mol. The second-order valence-electron chi connectivity index (χ2n) is 7.60. The van der Waals surface area contributed by atoms with Crippen molar-refractivity contribution in [3.05, 3.63) is 65.8 Å². The lowest BCUT2D eigenvalue weighted by Gasteiger charge is -2.36. The van der Waals surface area contributed by atoms with Gasteiger partial charge in [-0.1, -0.05) is 24.3 Å². The molecule has 0 N–H and O–H groups in total. The van der Waals surface area contributed by atoms with Gasteiger partial charge in [-0.05, 0) is 31.3 Å². The Balaban J connectivity index is 0.00000324. The molecule has 0 spiro atoms. The molecule has 4 rings (SSSR count). The predicted octanol–water partition coefficient (Wildman–Crippen LogP) is 3.73. The van der Waals surface area contributed by atoms with Crippen molar-refractivity contribution in [1.82, 2.24) is 19.4 Å². The number of rotatable bonds is 7. The molecule has 1 fully saturated rings. The van der Waals surface area contributed by atoms with Crippen molar-refractivity contribution in [3.8, 4) is 11.5 Å². The first kappa shape index (κ1) is 25.9. The molecule has 0 amide bonds. The third-order valence-electron chi connectivity index (χ3n) is 5.35. The Labute approximate surface area is 201 Å². The van der Waals surface area contributed by atoms with Gasteiger partial charge in [0.1, 0.15) is 5.82 Å². The van der Waals surface area contributed by atoms with E-state index in [1.54, 1.807) is 30.3 Å². The SMILES string of the molecule is CN1CCN(S(=O)(=O)N(Cc2ccc(-c3nnc(C(F)F)o3)cc2F)c2ccccc2)CC1.Cl. The fourth-order valence-electron chi connectivity index (χ4n) is 3.46. The van der Waals surface area contributed by atoms with E-state index in [0.29, 0.717) is 31.9 Å². The van der Waals surface area contributed by atoms with Gasteiger partial charge >= 0.3 is 16.6 Å². The summed E-state index contributed by atoms with van der Waals surface area (Å²) in [5.41, 5.74) is 0.621. The van der Waals surface area contributed by atoms with Gasteiger partial charge in [-0.2, -0.15) is 21.5 Å². The number of alkyl halides is 2. The highest BCUT2D eigenvalue weighted by atomic mass is 35.5. The average Bonchev–Trinajstić information content (AvgIpc) is 3.30. The predicted molar refractivity (Wildman–Crippen MR) is 123 cm³/mol. The molecular formula is C21H23ClF3N5O3S. The van der Waals surface area contributed by atoms with E-state index in [1.165, 1.54) is 16.4 Å². The number of aromatic nitrogens is 2. The molecule has 2 heterocycles. The minimum Gasteiger partial charge on any atom is -0.415 e. The standard InChI is InChI=1S/C21H22F3N5O3S.ClH/c1-27-9-11-28(12-10-27)33(30,31)29(17-5-3-2-4-6-17)14-16-8-7-15(13-18(16)22)20-25-26-21(32-20)19(23)24;/h2-8,13,19H,9-12,14H2,1H3;1H. The van der Waals surface area contributed by atoms with Crippen LogP contribution < -0.4 is 4.31 Å². The zero-order valence-electron chi connectivity index (χ0n) is 18.1. The first-order valence-corrected chi connectivity index (χ1v) is 11.6. The molecule has 1 saturated heterocycles. The van der Waals surface area contributed by atoms with E-state index in [1.807, 2.05) is 11.9 Å². The van der Waals surface area contributed by atoms with Crippen LogP contribution >= 0.6 is 12.4 Å². The van der Waals surface area contributed by atoms with Gasteiger partial charge in [-0.15, -0.1) is 22.6 Å². The van der Waals surface area contributed by atoms with Crippen LogP contribution in [0.2, 0.25) is 0 Å². The van der Waals surface area contributed by atoms with Crippen molar-refractivity contribution in [2.75, 3.05) is 37.5 Å². The van der Waals surface area contributed by atoms with E-state index in [0.717, 1.165) is 10.4 Å². The second kappa shape index (κ2) is 10.7. The molecule has 0 unspecified atom stereocenters. The van der Waals surface area contributed by atoms with Crippen molar-refractivity contribution in [2.45, 2.75) is 13.0 Å².